The number of unbranched alkanes of at least 4 members (excludes halogenated alkanes) is 1. The molecule has 5 nitrogen and oxygen atoms in total. The van der Waals surface area contributed by atoms with Crippen LogP contribution in [-0.2, 0) is 4.79 Å². The van der Waals surface area contributed by atoms with Gasteiger partial charge >= 0.3 is 0 Å². The number of carbonyl (C=O) groups is 1. The van der Waals surface area contributed by atoms with E-state index in [1.54, 1.807) is 0 Å². The number of nitrogens with zero attached hydrogens (tertiary/aromatic N) is 1. The van der Waals surface area contributed by atoms with E-state index in [0.717, 1.165) is 58.3 Å². The van der Waals surface area contributed by atoms with Gasteiger partial charge < -0.3 is 15.7 Å². The zero-order valence-electron chi connectivity index (χ0n) is 11.7. The average Bonchev–Trinajstić information content (AvgIpc) is 3.09. The van der Waals surface area contributed by atoms with Gasteiger partial charge in [0.1, 0.15) is 0 Å². The molecule has 2 atom stereocenters. The van der Waals surface area contributed by atoms with E-state index in [1.807, 2.05) is 0 Å². The van der Waals surface area contributed by atoms with E-state index in [0.29, 0.717) is 6.04 Å². The maximum absolute atomic E-state index is 11.7. The summed E-state index contributed by atoms with van der Waals surface area (Å²) < 4.78 is 0. The fraction of sp³-hybridized carbons (Fsp3) is 0.929. The topological polar surface area (TPSA) is 64.6 Å². The maximum atomic E-state index is 11.7. The Labute approximate surface area is 115 Å². The Bertz CT molecular complexity index is 280. The van der Waals surface area contributed by atoms with E-state index in [2.05, 4.69) is 15.5 Å². The number of likely N-dealkylation sites (tertiary alicyclic amines) is 1. The summed E-state index contributed by atoms with van der Waals surface area (Å²) in [5.41, 5.74) is 0. The molecule has 0 aliphatic carbocycles. The summed E-state index contributed by atoms with van der Waals surface area (Å²) in [5, 5.41) is 15.4. The molecule has 0 saturated carbocycles. The fourth-order valence-electron chi connectivity index (χ4n) is 3.08. The highest BCUT2D eigenvalue weighted by molar-refractivity contribution is 5.81. The second kappa shape index (κ2) is 7.82. The van der Waals surface area contributed by atoms with Gasteiger partial charge in [0, 0.05) is 12.6 Å². The van der Waals surface area contributed by atoms with Crippen LogP contribution in [0.1, 0.15) is 38.5 Å². The van der Waals surface area contributed by atoms with E-state index < -0.39 is 0 Å². The SMILES string of the molecule is O=C(NCCCCN1CCCC1CO)C1CCCN1. The van der Waals surface area contributed by atoms with Crippen molar-refractivity contribution in [2.75, 3.05) is 32.8 Å². The van der Waals surface area contributed by atoms with Gasteiger partial charge in [0.25, 0.3) is 0 Å². The summed E-state index contributed by atoms with van der Waals surface area (Å²) in [6, 6.07) is 0.412. The van der Waals surface area contributed by atoms with Crippen molar-refractivity contribution in [1.82, 2.24) is 15.5 Å². The Balaban J connectivity index is 1.51. The van der Waals surface area contributed by atoms with Gasteiger partial charge in [-0.15, -0.1) is 0 Å². The fourth-order valence-corrected chi connectivity index (χ4v) is 3.08. The van der Waals surface area contributed by atoms with Gasteiger partial charge in [0.05, 0.1) is 12.6 Å². The van der Waals surface area contributed by atoms with E-state index in [9.17, 15) is 9.90 Å². The second-order valence-electron chi connectivity index (χ2n) is 5.66. The van der Waals surface area contributed by atoms with Crippen molar-refractivity contribution in [1.29, 1.82) is 0 Å². The minimum absolute atomic E-state index is 0.0392. The zero-order chi connectivity index (χ0) is 13.5. The van der Waals surface area contributed by atoms with Gasteiger partial charge in [0.15, 0.2) is 0 Å². The van der Waals surface area contributed by atoms with Crippen molar-refractivity contribution in [2.45, 2.75) is 50.6 Å². The van der Waals surface area contributed by atoms with E-state index in [1.165, 1.54) is 6.42 Å². The molecule has 5 heteroatoms. The number of carbonyl (C=O) groups excluding carboxylic acids is 1. The number of hydrogen-bond acceptors (Lipinski definition) is 4. The lowest BCUT2D eigenvalue weighted by atomic mass is 10.2. The minimum Gasteiger partial charge on any atom is -0.395 e. The van der Waals surface area contributed by atoms with Crippen molar-refractivity contribution in [3.8, 4) is 0 Å². The Morgan fingerprint density at radius 3 is 2.95 bits per heavy atom. The Morgan fingerprint density at radius 2 is 2.21 bits per heavy atom. The lowest BCUT2D eigenvalue weighted by Gasteiger charge is -2.22. The van der Waals surface area contributed by atoms with Crippen molar-refractivity contribution in [3.63, 3.8) is 0 Å². The third-order valence-corrected chi connectivity index (χ3v) is 4.26. The average molecular weight is 269 g/mol. The van der Waals surface area contributed by atoms with Crippen LogP contribution >= 0.6 is 0 Å². The molecule has 2 aliphatic rings. The molecular formula is C14H27N3O2. The Morgan fingerprint density at radius 1 is 1.32 bits per heavy atom. The first-order valence-corrected chi connectivity index (χ1v) is 7.67. The molecule has 2 rings (SSSR count). The van der Waals surface area contributed by atoms with Crippen LogP contribution < -0.4 is 10.6 Å². The summed E-state index contributed by atoms with van der Waals surface area (Å²) in [6.45, 7) is 4.18. The molecule has 0 spiro atoms. The monoisotopic (exact) mass is 269 g/mol. The van der Waals surface area contributed by atoms with Gasteiger partial charge in [-0.3, -0.25) is 9.69 Å². The molecule has 1 amide bonds. The number of amides is 1. The van der Waals surface area contributed by atoms with Crippen LogP contribution in [-0.4, -0.2) is 60.8 Å². The molecule has 2 aliphatic heterocycles. The number of aliphatic hydroxyl groups excluding tert-OH is 1. The van der Waals surface area contributed by atoms with Crippen LogP contribution in [0.3, 0.4) is 0 Å². The highest BCUT2D eigenvalue weighted by Gasteiger charge is 2.23. The molecule has 0 aromatic heterocycles. The van der Waals surface area contributed by atoms with Crippen LogP contribution in [0.15, 0.2) is 0 Å². The zero-order valence-corrected chi connectivity index (χ0v) is 11.7. The normalized spacial score (nSPS) is 27.8. The summed E-state index contributed by atoms with van der Waals surface area (Å²) >= 11 is 0. The largest absolute Gasteiger partial charge is 0.395 e. The van der Waals surface area contributed by atoms with E-state index >= 15 is 0 Å². The number of rotatable bonds is 7. The van der Waals surface area contributed by atoms with Gasteiger partial charge in [-0.2, -0.15) is 0 Å². The van der Waals surface area contributed by atoms with Crippen LogP contribution in [0.4, 0.5) is 0 Å². The molecule has 0 aromatic carbocycles. The van der Waals surface area contributed by atoms with Crippen molar-refractivity contribution in [2.24, 2.45) is 0 Å². The quantitative estimate of drug-likeness (QED) is 0.573. The van der Waals surface area contributed by atoms with Gasteiger partial charge in [-0.25, -0.2) is 0 Å². The smallest absolute Gasteiger partial charge is 0.237 e. The number of aliphatic hydroxyl groups is 1. The summed E-state index contributed by atoms with van der Waals surface area (Å²) in [5.74, 6) is 0.159. The van der Waals surface area contributed by atoms with Crippen LogP contribution in [0.2, 0.25) is 0 Å². The third kappa shape index (κ3) is 4.44. The molecule has 0 aromatic rings. The van der Waals surface area contributed by atoms with Crippen LogP contribution in [0, 0.1) is 0 Å². The van der Waals surface area contributed by atoms with Crippen molar-refractivity contribution in [3.05, 3.63) is 0 Å². The van der Waals surface area contributed by atoms with Gasteiger partial charge in [-0.1, -0.05) is 0 Å². The molecule has 110 valence electrons. The van der Waals surface area contributed by atoms with E-state index in [-0.39, 0.29) is 18.6 Å². The first-order chi connectivity index (χ1) is 9.31. The maximum Gasteiger partial charge on any atom is 0.237 e. The lowest BCUT2D eigenvalue weighted by molar-refractivity contribution is -0.122. The first-order valence-electron chi connectivity index (χ1n) is 7.67. The molecule has 2 saturated heterocycles. The Kier molecular flexibility index (Phi) is 6.07. The van der Waals surface area contributed by atoms with Crippen molar-refractivity contribution < 1.29 is 9.90 Å². The lowest BCUT2D eigenvalue weighted by Crippen LogP contribution is -2.41. The van der Waals surface area contributed by atoms with Gasteiger partial charge in [0.2, 0.25) is 5.91 Å². The number of nitrogens with one attached hydrogen (secondary N) is 2. The second-order valence-corrected chi connectivity index (χ2v) is 5.66. The van der Waals surface area contributed by atoms with E-state index in [4.69, 9.17) is 0 Å². The highest BCUT2D eigenvalue weighted by atomic mass is 16.3. The molecular weight excluding hydrogens is 242 g/mol. The number of hydrogen-bond donors (Lipinski definition) is 3. The Hall–Kier alpha value is -0.650. The molecule has 0 bridgehead atoms. The molecule has 2 fully saturated rings. The highest BCUT2D eigenvalue weighted by Crippen LogP contribution is 2.16. The first kappa shape index (κ1) is 14.8. The third-order valence-electron chi connectivity index (χ3n) is 4.26. The van der Waals surface area contributed by atoms with Gasteiger partial charge in [-0.05, 0) is 58.2 Å². The molecule has 2 heterocycles. The summed E-state index contributed by atoms with van der Waals surface area (Å²) in [6.07, 6.45) is 6.52. The standard InChI is InChI=1S/C14H27N3O2/c18-11-12-5-4-10-17(12)9-2-1-7-16-14(19)13-6-3-8-15-13/h12-13,15,18H,1-11H2,(H,16,19). The van der Waals surface area contributed by atoms with Crippen LogP contribution in [0.5, 0.6) is 0 Å². The predicted molar refractivity (Wildman–Crippen MR) is 74.9 cm³/mol. The molecule has 2 unspecified atom stereocenters. The van der Waals surface area contributed by atoms with Crippen LogP contribution in [0.25, 0.3) is 0 Å². The minimum atomic E-state index is 0.0392. The molecule has 19 heavy (non-hydrogen) atoms. The predicted octanol–water partition coefficient (Wildman–Crippen LogP) is 0.0915. The summed E-state index contributed by atoms with van der Waals surface area (Å²) in [7, 11) is 0. The summed E-state index contributed by atoms with van der Waals surface area (Å²) in [4.78, 5) is 14.1. The molecule has 0 radical (unpaired) electrons. The van der Waals surface area contributed by atoms with Crippen molar-refractivity contribution >= 4 is 5.91 Å². The molecule has 3 N–H and O–H groups in total.